The first-order chi connectivity index (χ1) is 7.89. The van der Waals surface area contributed by atoms with E-state index in [0.29, 0.717) is 11.5 Å². The average Bonchev–Trinajstić information content (AvgIpc) is 2.61. The zero-order valence-corrected chi connectivity index (χ0v) is 10.4. The fraction of sp³-hybridized carbons (Fsp3) is 0.333. The molecule has 0 radical (unpaired) electrons. The number of hydrogen-bond acceptors (Lipinski definition) is 6. The average molecular weight is 253 g/mol. The van der Waals surface area contributed by atoms with Gasteiger partial charge in [-0.15, -0.1) is 10.2 Å². The Balaban J connectivity index is 2.55. The highest BCUT2D eigenvalue weighted by atomic mass is 32.2. The van der Waals surface area contributed by atoms with Gasteiger partial charge in [0.25, 0.3) is 0 Å². The van der Waals surface area contributed by atoms with Crippen LogP contribution >= 0.6 is 0 Å². The standard InChI is InChI=1S/C9H11N5O2S/c1-6-4-11-7(5-10-6)8-12-13-9(14(8)2)17(3,15)16/h4-5H,1-3H3. The number of hydrogen-bond donors (Lipinski definition) is 0. The topological polar surface area (TPSA) is 90.6 Å². The van der Waals surface area contributed by atoms with Crippen LogP contribution in [-0.2, 0) is 16.9 Å². The van der Waals surface area contributed by atoms with Gasteiger partial charge in [0, 0.05) is 19.5 Å². The summed E-state index contributed by atoms with van der Waals surface area (Å²) >= 11 is 0. The molecule has 0 saturated heterocycles. The molecule has 90 valence electrons. The van der Waals surface area contributed by atoms with E-state index in [9.17, 15) is 8.42 Å². The van der Waals surface area contributed by atoms with Crippen molar-refractivity contribution in [1.82, 2.24) is 24.7 Å². The highest BCUT2D eigenvalue weighted by Crippen LogP contribution is 2.15. The van der Waals surface area contributed by atoms with Crippen molar-refractivity contribution in [3.05, 3.63) is 18.1 Å². The minimum Gasteiger partial charge on any atom is -0.300 e. The monoisotopic (exact) mass is 253 g/mol. The Bertz CT molecular complexity index is 645. The largest absolute Gasteiger partial charge is 0.300 e. The van der Waals surface area contributed by atoms with Crippen molar-refractivity contribution in [2.45, 2.75) is 12.1 Å². The second kappa shape index (κ2) is 3.88. The Labute approximate surface area is 98.5 Å². The van der Waals surface area contributed by atoms with Crippen LogP contribution < -0.4 is 0 Å². The quantitative estimate of drug-likeness (QED) is 0.747. The maximum atomic E-state index is 11.4. The van der Waals surface area contributed by atoms with Crippen LogP contribution in [0.4, 0.5) is 0 Å². The van der Waals surface area contributed by atoms with Crippen LogP contribution in [-0.4, -0.2) is 39.4 Å². The Morgan fingerprint density at radius 1 is 1.18 bits per heavy atom. The van der Waals surface area contributed by atoms with Crippen LogP contribution in [0.3, 0.4) is 0 Å². The first-order valence-electron chi connectivity index (χ1n) is 4.78. The van der Waals surface area contributed by atoms with Crippen LogP contribution in [0, 0.1) is 6.92 Å². The Kier molecular flexibility index (Phi) is 2.66. The van der Waals surface area contributed by atoms with E-state index < -0.39 is 9.84 Å². The normalized spacial score (nSPS) is 11.7. The SMILES string of the molecule is Cc1cnc(-c2nnc(S(C)(=O)=O)n2C)cn1. The van der Waals surface area contributed by atoms with Crippen LogP contribution in [0.2, 0.25) is 0 Å². The molecule has 0 unspecified atom stereocenters. The summed E-state index contributed by atoms with van der Waals surface area (Å²) in [5.74, 6) is 0.373. The van der Waals surface area contributed by atoms with E-state index in [1.807, 2.05) is 6.92 Å². The maximum Gasteiger partial charge on any atom is 0.249 e. The van der Waals surface area contributed by atoms with E-state index in [2.05, 4.69) is 20.2 Å². The minimum absolute atomic E-state index is 0.0881. The summed E-state index contributed by atoms with van der Waals surface area (Å²) in [5, 5.41) is 7.37. The molecule has 0 saturated carbocycles. The Morgan fingerprint density at radius 2 is 1.88 bits per heavy atom. The highest BCUT2D eigenvalue weighted by molar-refractivity contribution is 7.90. The molecule has 8 heteroatoms. The van der Waals surface area contributed by atoms with Crippen LogP contribution in [0.5, 0.6) is 0 Å². The van der Waals surface area contributed by atoms with Gasteiger partial charge in [-0.05, 0) is 6.92 Å². The summed E-state index contributed by atoms with van der Waals surface area (Å²) in [6.07, 6.45) is 4.21. The molecular formula is C9H11N5O2S. The van der Waals surface area contributed by atoms with Crippen LogP contribution in [0.15, 0.2) is 17.6 Å². The molecule has 0 atom stereocenters. The molecule has 2 aromatic heterocycles. The minimum atomic E-state index is -3.39. The molecule has 2 aromatic rings. The van der Waals surface area contributed by atoms with Gasteiger partial charge in [0.1, 0.15) is 5.69 Å². The van der Waals surface area contributed by atoms with Crippen molar-refractivity contribution in [3.63, 3.8) is 0 Å². The number of aromatic nitrogens is 5. The molecule has 0 aliphatic heterocycles. The van der Waals surface area contributed by atoms with Crippen LogP contribution in [0.1, 0.15) is 5.69 Å². The summed E-state index contributed by atoms with van der Waals surface area (Å²) in [7, 11) is -1.81. The van der Waals surface area contributed by atoms with Crippen molar-refractivity contribution in [3.8, 4) is 11.5 Å². The second-order valence-corrected chi connectivity index (χ2v) is 5.59. The van der Waals surface area contributed by atoms with Gasteiger partial charge < -0.3 is 0 Å². The summed E-state index contributed by atoms with van der Waals surface area (Å²) in [6, 6.07) is 0. The number of rotatable bonds is 2. The molecule has 2 heterocycles. The first-order valence-corrected chi connectivity index (χ1v) is 6.67. The van der Waals surface area contributed by atoms with E-state index in [1.165, 1.54) is 10.8 Å². The zero-order chi connectivity index (χ0) is 12.6. The summed E-state index contributed by atoms with van der Waals surface area (Å²) in [5.41, 5.74) is 1.26. The highest BCUT2D eigenvalue weighted by Gasteiger charge is 2.19. The van der Waals surface area contributed by atoms with Crippen LogP contribution in [0.25, 0.3) is 11.5 Å². The van der Waals surface area contributed by atoms with Crippen molar-refractivity contribution < 1.29 is 8.42 Å². The number of nitrogens with zero attached hydrogens (tertiary/aromatic N) is 5. The molecule has 0 aliphatic carbocycles. The zero-order valence-electron chi connectivity index (χ0n) is 9.62. The second-order valence-electron chi connectivity index (χ2n) is 3.68. The van der Waals surface area contributed by atoms with Gasteiger partial charge in [0.05, 0.1) is 11.9 Å². The predicted octanol–water partition coefficient (Wildman–Crippen LogP) is -0.0160. The molecule has 0 aliphatic rings. The number of sulfone groups is 1. The molecule has 2 rings (SSSR count). The van der Waals surface area contributed by atoms with Gasteiger partial charge in [0.2, 0.25) is 15.0 Å². The molecule has 0 amide bonds. The molecule has 0 fully saturated rings. The van der Waals surface area contributed by atoms with Gasteiger partial charge in [0.15, 0.2) is 5.82 Å². The van der Waals surface area contributed by atoms with E-state index in [-0.39, 0.29) is 5.16 Å². The fourth-order valence-corrected chi connectivity index (χ4v) is 2.14. The molecule has 0 bridgehead atoms. The Hall–Kier alpha value is -1.83. The van der Waals surface area contributed by atoms with Gasteiger partial charge >= 0.3 is 0 Å². The lowest BCUT2D eigenvalue weighted by Crippen LogP contribution is -2.07. The maximum absolute atomic E-state index is 11.4. The molecule has 7 nitrogen and oxygen atoms in total. The van der Waals surface area contributed by atoms with E-state index >= 15 is 0 Å². The predicted molar refractivity (Wildman–Crippen MR) is 59.9 cm³/mol. The van der Waals surface area contributed by atoms with E-state index in [4.69, 9.17) is 0 Å². The van der Waals surface area contributed by atoms with Gasteiger partial charge in [-0.1, -0.05) is 0 Å². The molecule has 0 N–H and O–H groups in total. The third-order valence-electron chi connectivity index (χ3n) is 2.18. The fourth-order valence-electron chi connectivity index (χ4n) is 1.37. The van der Waals surface area contributed by atoms with Crippen molar-refractivity contribution in [1.29, 1.82) is 0 Å². The molecule has 0 aromatic carbocycles. The number of aryl methyl sites for hydroxylation is 1. The van der Waals surface area contributed by atoms with Gasteiger partial charge in [-0.25, -0.2) is 13.4 Å². The molecular weight excluding hydrogens is 242 g/mol. The lowest BCUT2D eigenvalue weighted by atomic mass is 10.4. The van der Waals surface area contributed by atoms with E-state index in [0.717, 1.165) is 11.9 Å². The van der Waals surface area contributed by atoms with Gasteiger partial charge in [-0.3, -0.25) is 9.55 Å². The van der Waals surface area contributed by atoms with Crippen molar-refractivity contribution >= 4 is 9.84 Å². The molecule has 0 spiro atoms. The smallest absolute Gasteiger partial charge is 0.249 e. The summed E-state index contributed by atoms with van der Waals surface area (Å²) in [4.78, 5) is 8.20. The Morgan fingerprint density at radius 3 is 2.35 bits per heavy atom. The lowest BCUT2D eigenvalue weighted by molar-refractivity contribution is 0.584. The third kappa shape index (κ3) is 2.16. The first kappa shape index (κ1) is 11.6. The van der Waals surface area contributed by atoms with Crippen molar-refractivity contribution in [2.24, 2.45) is 7.05 Å². The molecule has 17 heavy (non-hydrogen) atoms. The summed E-state index contributed by atoms with van der Waals surface area (Å²) in [6.45, 7) is 1.81. The van der Waals surface area contributed by atoms with E-state index in [1.54, 1.807) is 13.2 Å². The third-order valence-corrected chi connectivity index (χ3v) is 3.20. The van der Waals surface area contributed by atoms with Gasteiger partial charge in [-0.2, -0.15) is 0 Å². The van der Waals surface area contributed by atoms with Crippen molar-refractivity contribution in [2.75, 3.05) is 6.26 Å². The lowest BCUT2D eigenvalue weighted by Gasteiger charge is -2.01. The summed E-state index contributed by atoms with van der Waals surface area (Å²) < 4.78 is 24.2.